The molecule has 1 fully saturated rings. The minimum atomic E-state index is -0.753. The minimum Gasteiger partial charge on any atom is -0.352 e. The fourth-order valence-corrected chi connectivity index (χ4v) is 6.20. The minimum absolute atomic E-state index is 0.112. The summed E-state index contributed by atoms with van der Waals surface area (Å²) in [6.07, 6.45) is 4.43. The van der Waals surface area contributed by atoms with Gasteiger partial charge in [0, 0.05) is 35.0 Å². The van der Waals surface area contributed by atoms with E-state index in [9.17, 15) is 14.4 Å². The average Bonchev–Trinajstić information content (AvgIpc) is 3.60. The Morgan fingerprint density at radius 1 is 0.878 bits per heavy atom. The Labute approximate surface area is 244 Å². The maximum atomic E-state index is 14.3. The standard InChI is InChI=1S/C34H32ClN3O3/c35-26-18-16-24(17-19-26)21-37(30(20-23-8-2-1-3-9-23)33(40)36-27-12-4-5-13-27)31(39)22-38-29-15-7-11-25-10-6-14-28(32(25)29)34(38)41/h1-3,6-11,14-19,27,30H,4-5,12-13,20-22H2,(H,36,40)/t30-/m1/s1. The molecule has 0 unspecified atom stereocenters. The van der Waals surface area contributed by atoms with Crippen LogP contribution in [0.15, 0.2) is 91.0 Å². The molecule has 6 nitrogen and oxygen atoms in total. The first-order valence-electron chi connectivity index (χ1n) is 14.2. The summed E-state index contributed by atoms with van der Waals surface area (Å²) in [7, 11) is 0. The van der Waals surface area contributed by atoms with Gasteiger partial charge >= 0.3 is 0 Å². The monoisotopic (exact) mass is 565 g/mol. The van der Waals surface area contributed by atoms with Crippen LogP contribution in [0, 0.1) is 0 Å². The van der Waals surface area contributed by atoms with Crippen LogP contribution in [-0.2, 0) is 22.6 Å². The molecule has 41 heavy (non-hydrogen) atoms. The molecule has 1 heterocycles. The second-order valence-corrected chi connectivity index (χ2v) is 11.4. The van der Waals surface area contributed by atoms with Crippen LogP contribution in [0.4, 0.5) is 5.69 Å². The lowest BCUT2D eigenvalue weighted by Gasteiger charge is -2.33. The molecule has 0 aromatic heterocycles. The van der Waals surface area contributed by atoms with Crippen molar-refractivity contribution in [2.75, 3.05) is 11.4 Å². The predicted octanol–water partition coefficient (Wildman–Crippen LogP) is 6.15. The Kier molecular flexibility index (Phi) is 7.75. The number of carbonyl (C=O) groups is 3. The van der Waals surface area contributed by atoms with E-state index >= 15 is 0 Å². The molecule has 1 N–H and O–H groups in total. The number of anilines is 1. The Bertz CT molecular complexity index is 1580. The smallest absolute Gasteiger partial charge is 0.259 e. The van der Waals surface area contributed by atoms with Crippen molar-refractivity contribution in [2.24, 2.45) is 0 Å². The van der Waals surface area contributed by atoms with Gasteiger partial charge in [0.15, 0.2) is 0 Å². The third-order valence-corrected chi connectivity index (χ3v) is 8.43. The number of hydrogen-bond donors (Lipinski definition) is 1. The van der Waals surface area contributed by atoms with Crippen LogP contribution in [0.3, 0.4) is 0 Å². The SMILES string of the molecule is O=C(NC1CCCC1)[C@@H](Cc1ccccc1)N(Cc1ccc(Cl)cc1)C(=O)CN1C(=O)c2cccc3cccc1c23. The van der Waals surface area contributed by atoms with Crippen LogP contribution in [0.2, 0.25) is 5.02 Å². The van der Waals surface area contributed by atoms with E-state index in [0.29, 0.717) is 17.0 Å². The lowest BCUT2D eigenvalue weighted by molar-refractivity contribution is -0.140. The van der Waals surface area contributed by atoms with E-state index in [2.05, 4.69) is 5.32 Å². The van der Waals surface area contributed by atoms with Crippen LogP contribution in [0.25, 0.3) is 10.8 Å². The maximum Gasteiger partial charge on any atom is 0.259 e. The van der Waals surface area contributed by atoms with E-state index < -0.39 is 6.04 Å². The zero-order valence-electron chi connectivity index (χ0n) is 22.8. The molecule has 6 rings (SSSR count). The van der Waals surface area contributed by atoms with Crippen LogP contribution in [0.1, 0.15) is 47.2 Å². The van der Waals surface area contributed by atoms with E-state index in [0.717, 1.165) is 53.3 Å². The van der Waals surface area contributed by atoms with Gasteiger partial charge in [-0.15, -0.1) is 0 Å². The van der Waals surface area contributed by atoms with Crippen molar-refractivity contribution in [3.05, 3.63) is 113 Å². The summed E-state index contributed by atoms with van der Waals surface area (Å²) in [5.74, 6) is -0.659. The first-order chi connectivity index (χ1) is 20.0. The van der Waals surface area contributed by atoms with Gasteiger partial charge in [0.25, 0.3) is 5.91 Å². The first kappa shape index (κ1) is 27.0. The second-order valence-electron chi connectivity index (χ2n) is 10.9. The van der Waals surface area contributed by atoms with Crippen molar-refractivity contribution in [2.45, 2.75) is 50.7 Å². The van der Waals surface area contributed by atoms with E-state index in [1.54, 1.807) is 28.0 Å². The fraction of sp³-hybridized carbons (Fsp3) is 0.265. The summed E-state index contributed by atoms with van der Waals surface area (Å²) >= 11 is 6.15. The van der Waals surface area contributed by atoms with Gasteiger partial charge in [-0.05, 0) is 53.6 Å². The van der Waals surface area contributed by atoms with Crippen LogP contribution < -0.4 is 10.2 Å². The molecule has 1 saturated carbocycles. The molecule has 0 spiro atoms. The van der Waals surface area contributed by atoms with Crippen LogP contribution in [-0.4, -0.2) is 41.2 Å². The molecule has 1 aliphatic heterocycles. The van der Waals surface area contributed by atoms with Gasteiger partial charge in [-0.1, -0.05) is 91.2 Å². The number of carbonyl (C=O) groups excluding carboxylic acids is 3. The Balaban J connectivity index is 1.34. The molecule has 7 heteroatoms. The zero-order chi connectivity index (χ0) is 28.3. The molecule has 208 valence electrons. The van der Waals surface area contributed by atoms with E-state index in [-0.39, 0.29) is 36.9 Å². The van der Waals surface area contributed by atoms with Crippen molar-refractivity contribution < 1.29 is 14.4 Å². The van der Waals surface area contributed by atoms with Gasteiger partial charge in [-0.2, -0.15) is 0 Å². The van der Waals surface area contributed by atoms with Gasteiger partial charge in [0.2, 0.25) is 11.8 Å². The molecule has 0 saturated heterocycles. The number of amides is 3. The highest BCUT2D eigenvalue weighted by Gasteiger charge is 2.36. The lowest BCUT2D eigenvalue weighted by atomic mass is 10.0. The molecular weight excluding hydrogens is 534 g/mol. The summed E-state index contributed by atoms with van der Waals surface area (Å²) in [6.45, 7) is 0.0486. The van der Waals surface area contributed by atoms with Gasteiger partial charge in [-0.25, -0.2) is 0 Å². The average molecular weight is 566 g/mol. The highest BCUT2D eigenvalue weighted by Crippen LogP contribution is 2.37. The summed E-state index contributed by atoms with van der Waals surface area (Å²) in [5.41, 5.74) is 3.13. The highest BCUT2D eigenvalue weighted by atomic mass is 35.5. The second kappa shape index (κ2) is 11.8. The molecule has 1 aliphatic carbocycles. The van der Waals surface area contributed by atoms with Gasteiger partial charge < -0.3 is 10.2 Å². The number of halogens is 1. The first-order valence-corrected chi connectivity index (χ1v) is 14.6. The number of nitrogens with one attached hydrogen (secondary N) is 1. The van der Waals surface area contributed by atoms with Crippen molar-refractivity contribution in [1.29, 1.82) is 0 Å². The van der Waals surface area contributed by atoms with Gasteiger partial charge in [0.05, 0.1) is 5.69 Å². The van der Waals surface area contributed by atoms with Crippen molar-refractivity contribution in [3.8, 4) is 0 Å². The number of rotatable bonds is 9. The molecule has 4 aromatic carbocycles. The number of benzene rings is 4. The lowest BCUT2D eigenvalue weighted by Crippen LogP contribution is -2.54. The van der Waals surface area contributed by atoms with E-state index in [4.69, 9.17) is 11.6 Å². The fourth-order valence-electron chi connectivity index (χ4n) is 6.07. The molecule has 0 radical (unpaired) electrons. The van der Waals surface area contributed by atoms with E-state index in [1.807, 2.05) is 72.8 Å². The van der Waals surface area contributed by atoms with Gasteiger partial charge in [-0.3, -0.25) is 19.3 Å². The third-order valence-electron chi connectivity index (χ3n) is 8.18. The quantitative estimate of drug-likeness (QED) is 0.264. The predicted molar refractivity (Wildman–Crippen MR) is 162 cm³/mol. The summed E-state index contributed by atoms with van der Waals surface area (Å²) < 4.78 is 0. The number of hydrogen-bond acceptors (Lipinski definition) is 3. The summed E-state index contributed by atoms with van der Waals surface area (Å²) in [4.78, 5) is 44.9. The van der Waals surface area contributed by atoms with Crippen molar-refractivity contribution in [3.63, 3.8) is 0 Å². The largest absolute Gasteiger partial charge is 0.352 e. The van der Waals surface area contributed by atoms with Crippen LogP contribution >= 0.6 is 11.6 Å². The third kappa shape index (κ3) is 5.70. The highest BCUT2D eigenvalue weighted by molar-refractivity contribution is 6.30. The zero-order valence-corrected chi connectivity index (χ0v) is 23.5. The number of nitrogens with zero attached hydrogens (tertiary/aromatic N) is 2. The van der Waals surface area contributed by atoms with E-state index in [1.165, 1.54) is 0 Å². The molecule has 2 aliphatic rings. The normalized spacial score (nSPS) is 15.3. The Hall–Kier alpha value is -4.16. The molecule has 0 bridgehead atoms. The molecule has 4 aromatic rings. The Morgan fingerprint density at radius 2 is 1.59 bits per heavy atom. The molecule has 1 atom stereocenters. The topological polar surface area (TPSA) is 69.7 Å². The van der Waals surface area contributed by atoms with Crippen molar-refractivity contribution in [1.82, 2.24) is 10.2 Å². The van der Waals surface area contributed by atoms with Crippen LogP contribution in [0.5, 0.6) is 0 Å². The molecule has 3 amide bonds. The van der Waals surface area contributed by atoms with Crippen molar-refractivity contribution >= 4 is 45.8 Å². The maximum absolute atomic E-state index is 14.3. The Morgan fingerprint density at radius 3 is 2.32 bits per heavy atom. The summed E-state index contributed by atoms with van der Waals surface area (Å²) in [5, 5.41) is 5.64. The van der Waals surface area contributed by atoms with Gasteiger partial charge in [0.1, 0.15) is 12.6 Å². The molecular formula is C34H32ClN3O3. The summed E-state index contributed by atoms with van der Waals surface area (Å²) in [6, 6.07) is 27.8.